The van der Waals surface area contributed by atoms with E-state index in [-0.39, 0.29) is 13.0 Å². The van der Waals surface area contributed by atoms with Crippen molar-refractivity contribution in [2.75, 3.05) is 0 Å². The Hall–Kier alpha value is -3.28. The van der Waals surface area contributed by atoms with Gasteiger partial charge in [0.1, 0.15) is 0 Å². The molecule has 0 aliphatic carbocycles. The lowest BCUT2D eigenvalue weighted by atomic mass is 10.0. The molecule has 4 rings (SSSR count). The molecule has 0 aliphatic rings. The minimum Gasteiger partial charge on any atom is -0.166 e. The van der Waals surface area contributed by atoms with Crippen LogP contribution >= 0.6 is 0 Å². The molecule has 0 spiro atoms. The molecule has 0 heterocycles. The summed E-state index contributed by atoms with van der Waals surface area (Å²) >= 11 is 0. The predicted molar refractivity (Wildman–Crippen MR) is 142 cm³/mol. The zero-order valence-electron chi connectivity index (χ0n) is 21.2. The molecule has 0 aromatic heterocycles. The molecule has 0 N–H and O–H groups in total. The summed E-state index contributed by atoms with van der Waals surface area (Å²) < 4.78 is 73.1. The highest BCUT2D eigenvalue weighted by Crippen LogP contribution is 2.32. The first-order valence-electron chi connectivity index (χ1n) is 11.3. The molecule has 0 unspecified atom stereocenters. The van der Waals surface area contributed by atoms with Gasteiger partial charge in [-0.3, -0.25) is 0 Å². The highest BCUT2D eigenvalue weighted by atomic mass is 19.4. The average Bonchev–Trinajstić information content (AvgIpc) is 2.74. The van der Waals surface area contributed by atoms with Gasteiger partial charge < -0.3 is 0 Å². The van der Waals surface area contributed by atoms with Crippen LogP contribution in [0.3, 0.4) is 0 Å². The van der Waals surface area contributed by atoms with E-state index < -0.39 is 23.5 Å². The van der Waals surface area contributed by atoms with E-state index >= 15 is 0 Å². The quantitative estimate of drug-likeness (QED) is 0.202. The van der Waals surface area contributed by atoms with Gasteiger partial charge in [0.15, 0.2) is 0 Å². The van der Waals surface area contributed by atoms with Crippen molar-refractivity contribution in [3.63, 3.8) is 0 Å². The largest absolute Gasteiger partial charge is 0.416 e. The summed E-state index contributed by atoms with van der Waals surface area (Å²) in [6.45, 7) is 10.7. The Balaban J connectivity index is 0.000000274. The van der Waals surface area contributed by atoms with E-state index in [1.165, 1.54) is 34.9 Å². The first-order valence-corrected chi connectivity index (χ1v) is 11.3. The fraction of sp³-hybridized carbons (Fsp3) is 0.290. The molecule has 0 saturated carbocycles. The second-order valence-corrected chi connectivity index (χ2v) is 8.99. The van der Waals surface area contributed by atoms with Gasteiger partial charge in [-0.2, -0.15) is 26.3 Å². The van der Waals surface area contributed by atoms with Crippen LogP contribution in [0.15, 0.2) is 72.8 Å². The van der Waals surface area contributed by atoms with Gasteiger partial charge in [0, 0.05) is 0 Å². The van der Waals surface area contributed by atoms with Crippen LogP contribution in [0.4, 0.5) is 26.3 Å². The molecule has 0 fully saturated rings. The molecular formula is C31H34F6. The highest BCUT2D eigenvalue weighted by molar-refractivity contribution is 5.86. The summed E-state index contributed by atoms with van der Waals surface area (Å²) in [6.07, 6.45) is -8.45. The topological polar surface area (TPSA) is 0 Å². The summed E-state index contributed by atoms with van der Waals surface area (Å²) in [5, 5.41) is 2.71. The molecule has 0 bridgehead atoms. The SMILES string of the molecule is C.Cc1cc(C)cc(C(F)(F)F)c1.Cc1ccc(C)c(C(F)(F)F)c1.Cc1ccc2c(C)cccc2c1. The highest BCUT2D eigenvalue weighted by Gasteiger charge is 2.32. The summed E-state index contributed by atoms with van der Waals surface area (Å²) in [5.74, 6) is 0. The number of aryl methyl sites for hydroxylation is 6. The van der Waals surface area contributed by atoms with Crippen LogP contribution in [-0.4, -0.2) is 0 Å². The predicted octanol–water partition coefficient (Wildman–Crippen LogP) is 10.7. The van der Waals surface area contributed by atoms with Gasteiger partial charge in [-0.05, 0) is 81.6 Å². The van der Waals surface area contributed by atoms with Gasteiger partial charge >= 0.3 is 12.4 Å². The third-order valence-electron chi connectivity index (χ3n) is 5.50. The molecule has 0 saturated heterocycles. The van der Waals surface area contributed by atoms with Crippen molar-refractivity contribution in [2.45, 2.75) is 61.3 Å². The zero-order chi connectivity index (χ0) is 27.3. The average molecular weight is 521 g/mol. The Morgan fingerprint density at radius 2 is 1.03 bits per heavy atom. The van der Waals surface area contributed by atoms with Gasteiger partial charge in [-0.1, -0.05) is 84.3 Å². The van der Waals surface area contributed by atoms with Crippen molar-refractivity contribution in [1.82, 2.24) is 0 Å². The maximum Gasteiger partial charge on any atom is 0.416 e. The standard InChI is InChI=1S/C12H12.2C9H9F3.CH4/c1-9-6-7-12-10(2)4-3-5-11(12)8-9;1-6-3-7(2)5-8(4-6)9(10,11)12;1-6-3-4-7(2)8(5-6)9(10,11)12;/h3-8H,1-2H3;2*3-5H,1-2H3;1H4. The number of fused-ring (bicyclic) bond motifs is 1. The summed E-state index contributed by atoms with van der Waals surface area (Å²) in [6, 6.07) is 21.3. The van der Waals surface area contributed by atoms with Crippen LogP contribution in [0, 0.1) is 41.5 Å². The lowest BCUT2D eigenvalue weighted by Crippen LogP contribution is -2.07. The van der Waals surface area contributed by atoms with Crippen molar-refractivity contribution in [1.29, 1.82) is 0 Å². The third-order valence-corrected chi connectivity index (χ3v) is 5.50. The van der Waals surface area contributed by atoms with Gasteiger partial charge in [-0.15, -0.1) is 0 Å². The van der Waals surface area contributed by atoms with Gasteiger partial charge in [0.05, 0.1) is 11.1 Å². The second kappa shape index (κ2) is 12.8. The van der Waals surface area contributed by atoms with E-state index in [4.69, 9.17) is 0 Å². The summed E-state index contributed by atoms with van der Waals surface area (Å²) in [7, 11) is 0. The van der Waals surface area contributed by atoms with E-state index in [1.54, 1.807) is 32.9 Å². The van der Waals surface area contributed by atoms with E-state index in [9.17, 15) is 26.3 Å². The summed E-state index contributed by atoms with van der Waals surface area (Å²) in [5.41, 5.74) is 3.76. The normalized spacial score (nSPS) is 11.0. The molecular weight excluding hydrogens is 486 g/mol. The molecule has 0 radical (unpaired) electrons. The van der Waals surface area contributed by atoms with Crippen molar-refractivity contribution in [2.24, 2.45) is 0 Å². The van der Waals surface area contributed by atoms with Crippen LogP contribution in [-0.2, 0) is 12.4 Å². The number of rotatable bonds is 0. The lowest BCUT2D eigenvalue weighted by Gasteiger charge is -2.10. The first kappa shape index (κ1) is 31.7. The smallest absolute Gasteiger partial charge is 0.166 e. The number of benzene rings is 4. The van der Waals surface area contributed by atoms with Crippen LogP contribution in [0.1, 0.15) is 51.9 Å². The number of hydrogen-bond donors (Lipinski definition) is 0. The molecule has 0 nitrogen and oxygen atoms in total. The molecule has 37 heavy (non-hydrogen) atoms. The molecule has 0 aliphatic heterocycles. The summed E-state index contributed by atoms with van der Waals surface area (Å²) in [4.78, 5) is 0. The molecule has 0 amide bonds. The van der Waals surface area contributed by atoms with Crippen LogP contribution in [0.2, 0.25) is 0 Å². The van der Waals surface area contributed by atoms with Crippen LogP contribution in [0.25, 0.3) is 10.8 Å². The number of halogens is 6. The molecule has 4 aromatic carbocycles. The molecule has 200 valence electrons. The van der Waals surface area contributed by atoms with Crippen LogP contribution in [0.5, 0.6) is 0 Å². The fourth-order valence-corrected chi connectivity index (χ4v) is 3.74. The Bertz CT molecular complexity index is 1290. The molecule has 6 heteroatoms. The maximum absolute atomic E-state index is 12.2. The van der Waals surface area contributed by atoms with Crippen molar-refractivity contribution < 1.29 is 26.3 Å². The second-order valence-electron chi connectivity index (χ2n) is 8.99. The van der Waals surface area contributed by atoms with E-state index in [2.05, 4.69) is 50.2 Å². The van der Waals surface area contributed by atoms with Crippen molar-refractivity contribution >= 4 is 10.8 Å². The van der Waals surface area contributed by atoms with E-state index in [0.717, 1.165) is 18.2 Å². The van der Waals surface area contributed by atoms with Crippen molar-refractivity contribution in [3.8, 4) is 0 Å². The fourth-order valence-electron chi connectivity index (χ4n) is 3.74. The lowest BCUT2D eigenvalue weighted by molar-refractivity contribution is -0.138. The monoisotopic (exact) mass is 520 g/mol. The van der Waals surface area contributed by atoms with E-state index in [1.807, 2.05) is 0 Å². The van der Waals surface area contributed by atoms with Gasteiger partial charge in [0.25, 0.3) is 0 Å². The Kier molecular flexibility index (Phi) is 11.0. The zero-order valence-corrected chi connectivity index (χ0v) is 21.2. The third kappa shape index (κ3) is 9.60. The Morgan fingerprint density at radius 3 is 1.54 bits per heavy atom. The van der Waals surface area contributed by atoms with E-state index in [0.29, 0.717) is 16.7 Å². The van der Waals surface area contributed by atoms with Crippen LogP contribution < -0.4 is 0 Å². The Morgan fingerprint density at radius 1 is 0.486 bits per heavy atom. The number of alkyl halides is 6. The van der Waals surface area contributed by atoms with Crippen molar-refractivity contribution in [3.05, 3.63) is 117 Å². The minimum atomic E-state index is -4.23. The number of hydrogen-bond acceptors (Lipinski definition) is 0. The molecule has 4 aromatic rings. The van der Waals surface area contributed by atoms with Gasteiger partial charge in [0.2, 0.25) is 0 Å². The minimum absolute atomic E-state index is 0. The van der Waals surface area contributed by atoms with Gasteiger partial charge in [-0.25, -0.2) is 0 Å². The maximum atomic E-state index is 12.2. The first-order chi connectivity index (χ1) is 16.6. The Labute approximate surface area is 216 Å². The molecule has 0 atom stereocenters.